The van der Waals surface area contributed by atoms with Crippen LogP contribution in [0.2, 0.25) is 0 Å². The molecule has 2 N–H and O–H groups in total. The van der Waals surface area contributed by atoms with Crippen molar-refractivity contribution in [3.8, 4) is 5.75 Å². The van der Waals surface area contributed by atoms with E-state index in [2.05, 4.69) is 47.2 Å². The Labute approximate surface area is 135 Å². The van der Waals surface area contributed by atoms with Gasteiger partial charge in [-0.15, -0.1) is 0 Å². The van der Waals surface area contributed by atoms with Crippen molar-refractivity contribution >= 4 is 43.8 Å². The maximum absolute atomic E-state index is 12.3. The van der Waals surface area contributed by atoms with Crippen LogP contribution in [0.3, 0.4) is 0 Å². The van der Waals surface area contributed by atoms with Gasteiger partial charge >= 0.3 is 12.6 Å². The van der Waals surface area contributed by atoms with Crippen LogP contribution in [-0.2, 0) is 0 Å². The lowest BCUT2D eigenvalue weighted by Gasteiger charge is -2.12. The van der Waals surface area contributed by atoms with Gasteiger partial charge in [-0.05, 0) is 56.8 Å². The first kappa shape index (κ1) is 16.2. The van der Waals surface area contributed by atoms with Gasteiger partial charge in [0.2, 0.25) is 0 Å². The minimum atomic E-state index is -3.03. The molecule has 0 heterocycles. The van der Waals surface area contributed by atoms with Crippen molar-refractivity contribution < 1.29 is 23.1 Å². The Morgan fingerprint density at radius 3 is 2.52 bits per heavy atom. The highest BCUT2D eigenvalue weighted by Crippen LogP contribution is 2.37. The van der Waals surface area contributed by atoms with Crippen LogP contribution < -0.4 is 15.4 Å². The molecular weight excluding hydrogens is 418 g/mol. The fourth-order valence-corrected chi connectivity index (χ4v) is 2.83. The Morgan fingerprint density at radius 1 is 1.29 bits per heavy atom. The van der Waals surface area contributed by atoms with Crippen LogP contribution in [0, 0.1) is 0 Å². The summed E-state index contributed by atoms with van der Waals surface area (Å²) in [5.41, 5.74) is 0.0137. The molecule has 9 heteroatoms. The Balaban J connectivity index is 2.14. The first-order valence-electron chi connectivity index (χ1n) is 5.93. The van der Waals surface area contributed by atoms with E-state index >= 15 is 0 Å². The summed E-state index contributed by atoms with van der Waals surface area (Å²) in [6.07, 6.45) is 1.77. The van der Waals surface area contributed by atoms with Crippen molar-refractivity contribution in [3.05, 3.63) is 26.6 Å². The number of halogens is 4. The molecule has 1 aromatic rings. The smallest absolute Gasteiger partial charge is 0.387 e. The molecule has 1 aliphatic carbocycles. The molecule has 0 radical (unpaired) electrons. The van der Waals surface area contributed by atoms with Gasteiger partial charge in [-0.3, -0.25) is 10.1 Å². The third kappa shape index (κ3) is 4.37. The average Bonchev–Trinajstić information content (AvgIpc) is 3.17. The zero-order chi connectivity index (χ0) is 15.6. The molecule has 0 unspecified atom stereocenters. The van der Waals surface area contributed by atoms with Gasteiger partial charge in [0, 0.05) is 6.04 Å². The third-order valence-corrected chi connectivity index (χ3v) is 4.05. The molecule has 5 nitrogen and oxygen atoms in total. The van der Waals surface area contributed by atoms with Crippen LogP contribution in [0.25, 0.3) is 0 Å². The highest BCUT2D eigenvalue weighted by Gasteiger charge is 2.25. The number of urea groups is 1. The maximum Gasteiger partial charge on any atom is 0.387 e. The van der Waals surface area contributed by atoms with Crippen LogP contribution in [0.15, 0.2) is 21.1 Å². The van der Waals surface area contributed by atoms with Crippen LogP contribution >= 0.6 is 31.9 Å². The van der Waals surface area contributed by atoms with Crippen molar-refractivity contribution in [3.63, 3.8) is 0 Å². The number of benzene rings is 1. The molecule has 0 bridgehead atoms. The number of hydrogen-bond donors (Lipinski definition) is 2. The van der Waals surface area contributed by atoms with Crippen molar-refractivity contribution in [2.24, 2.45) is 0 Å². The second-order valence-electron chi connectivity index (χ2n) is 4.32. The maximum atomic E-state index is 12.3. The molecule has 1 aromatic carbocycles. The Bertz CT molecular complexity index is 580. The normalized spacial score (nSPS) is 14.0. The summed E-state index contributed by atoms with van der Waals surface area (Å²) in [4.78, 5) is 23.5. The Kier molecular flexibility index (Phi) is 5.15. The number of nitrogens with one attached hydrogen (secondary N) is 2. The highest BCUT2D eigenvalue weighted by atomic mass is 79.9. The summed E-state index contributed by atoms with van der Waals surface area (Å²) < 4.78 is 29.3. The molecule has 0 spiro atoms. The SMILES string of the molecule is O=C(NC(=O)c1ccc(Br)c(OC(F)F)c1Br)NC1CC1. The van der Waals surface area contributed by atoms with Crippen molar-refractivity contribution in [2.45, 2.75) is 25.5 Å². The molecule has 0 aliphatic heterocycles. The van der Waals surface area contributed by atoms with E-state index < -0.39 is 18.5 Å². The molecule has 114 valence electrons. The molecule has 1 fully saturated rings. The second-order valence-corrected chi connectivity index (χ2v) is 5.97. The van der Waals surface area contributed by atoms with Gasteiger partial charge in [0.1, 0.15) is 0 Å². The number of ether oxygens (including phenoxy) is 1. The fraction of sp³-hybridized carbons (Fsp3) is 0.333. The van der Waals surface area contributed by atoms with Gasteiger partial charge < -0.3 is 10.1 Å². The topological polar surface area (TPSA) is 67.4 Å². The monoisotopic (exact) mass is 426 g/mol. The lowest BCUT2D eigenvalue weighted by molar-refractivity contribution is -0.0509. The third-order valence-electron chi connectivity index (χ3n) is 2.64. The van der Waals surface area contributed by atoms with Gasteiger partial charge in [0.25, 0.3) is 5.91 Å². The summed E-state index contributed by atoms with van der Waals surface area (Å²) in [5.74, 6) is -0.924. The summed E-state index contributed by atoms with van der Waals surface area (Å²) in [7, 11) is 0. The van der Waals surface area contributed by atoms with E-state index in [1.165, 1.54) is 12.1 Å². The zero-order valence-corrected chi connectivity index (χ0v) is 13.6. The van der Waals surface area contributed by atoms with Gasteiger partial charge in [0.15, 0.2) is 5.75 Å². The number of amides is 3. The number of rotatable bonds is 4. The minimum absolute atomic E-state index is 0.0137. The van der Waals surface area contributed by atoms with E-state index in [4.69, 9.17) is 0 Å². The Morgan fingerprint density at radius 2 is 1.95 bits per heavy atom. The molecule has 0 atom stereocenters. The van der Waals surface area contributed by atoms with Crippen molar-refractivity contribution in [1.29, 1.82) is 0 Å². The van der Waals surface area contributed by atoms with Crippen LogP contribution in [-0.4, -0.2) is 24.6 Å². The van der Waals surface area contributed by atoms with E-state index in [9.17, 15) is 18.4 Å². The largest absolute Gasteiger partial charge is 0.432 e. The molecule has 0 aromatic heterocycles. The molecule has 2 rings (SSSR count). The lowest BCUT2D eigenvalue weighted by atomic mass is 10.2. The molecule has 0 saturated heterocycles. The van der Waals surface area contributed by atoms with Crippen molar-refractivity contribution in [1.82, 2.24) is 10.6 Å². The van der Waals surface area contributed by atoms with E-state index in [0.29, 0.717) is 0 Å². The number of carbonyl (C=O) groups excluding carboxylic acids is 2. The molecule has 21 heavy (non-hydrogen) atoms. The first-order valence-corrected chi connectivity index (χ1v) is 7.51. The van der Waals surface area contributed by atoms with Gasteiger partial charge in [-0.25, -0.2) is 4.79 Å². The summed E-state index contributed by atoms with van der Waals surface area (Å²) >= 11 is 6.08. The standard InChI is InChI=1S/C12H10Br2F2N2O3/c13-7-4-3-6(8(14)9(7)21-11(15)16)10(19)18-12(20)17-5-1-2-5/h3-5,11H,1-2H2,(H2,17,18,19,20). The summed E-state index contributed by atoms with van der Waals surface area (Å²) in [6, 6.07) is 2.25. The van der Waals surface area contributed by atoms with Crippen LogP contribution in [0.4, 0.5) is 13.6 Å². The van der Waals surface area contributed by atoms with Gasteiger partial charge in [-0.2, -0.15) is 8.78 Å². The summed E-state index contributed by atoms with van der Waals surface area (Å²) in [5, 5.41) is 4.72. The number of carbonyl (C=O) groups is 2. The van der Waals surface area contributed by atoms with E-state index in [1.54, 1.807) is 0 Å². The molecule has 1 saturated carbocycles. The highest BCUT2D eigenvalue weighted by molar-refractivity contribution is 9.11. The first-order chi connectivity index (χ1) is 9.88. The van der Waals surface area contributed by atoms with Crippen LogP contribution in [0.1, 0.15) is 23.2 Å². The number of hydrogen-bond acceptors (Lipinski definition) is 3. The predicted molar refractivity (Wildman–Crippen MR) is 77.5 cm³/mol. The number of alkyl halides is 2. The summed E-state index contributed by atoms with van der Waals surface area (Å²) in [6.45, 7) is -3.03. The second kappa shape index (κ2) is 6.69. The van der Waals surface area contributed by atoms with E-state index in [-0.39, 0.29) is 26.3 Å². The van der Waals surface area contributed by atoms with Crippen molar-refractivity contribution in [2.75, 3.05) is 0 Å². The average molecular weight is 428 g/mol. The molecule has 3 amide bonds. The predicted octanol–water partition coefficient (Wildman–Crippen LogP) is 3.41. The zero-order valence-electron chi connectivity index (χ0n) is 10.5. The molecular formula is C12H10Br2F2N2O3. The molecule has 1 aliphatic rings. The Hall–Kier alpha value is -1.22. The van der Waals surface area contributed by atoms with Gasteiger partial charge in [-0.1, -0.05) is 0 Å². The number of imide groups is 1. The minimum Gasteiger partial charge on any atom is -0.432 e. The van der Waals surface area contributed by atoms with Gasteiger partial charge in [0.05, 0.1) is 14.5 Å². The fourth-order valence-electron chi connectivity index (χ4n) is 1.52. The van der Waals surface area contributed by atoms with Crippen LogP contribution in [0.5, 0.6) is 5.75 Å². The quantitative estimate of drug-likeness (QED) is 0.773. The van der Waals surface area contributed by atoms with E-state index in [0.717, 1.165) is 12.8 Å². The lowest BCUT2D eigenvalue weighted by Crippen LogP contribution is -2.40. The van der Waals surface area contributed by atoms with E-state index in [1.807, 2.05) is 0 Å².